The molecule has 1 fully saturated rings. The van der Waals surface area contributed by atoms with Gasteiger partial charge in [0.25, 0.3) is 0 Å². The summed E-state index contributed by atoms with van der Waals surface area (Å²) >= 11 is 0. The summed E-state index contributed by atoms with van der Waals surface area (Å²) in [5.74, 6) is 7.21. The lowest BCUT2D eigenvalue weighted by atomic mass is 10.1. The van der Waals surface area contributed by atoms with Gasteiger partial charge < -0.3 is 5.43 Å². The van der Waals surface area contributed by atoms with Gasteiger partial charge in [-0.2, -0.15) is 0 Å². The fourth-order valence-electron chi connectivity index (χ4n) is 1.82. The second kappa shape index (κ2) is 3.45. The Balaban J connectivity index is 2.48. The molecule has 1 saturated carbocycles. The van der Waals surface area contributed by atoms with E-state index in [0.717, 1.165) is 29.3 Å². The van der Waals surface area contributed by atoms with Gasteiger partial charge >= 0.3 is 0 Å². The van der Waals surface area contributed by atoms with Crippen LogP contribution in [0.25, 0.3) is 0 Å². The van der Waals surface area contributed by atoms with Crippen molar-refractivity contribution in [3.05, 3.63) is 17.1 Å². The Labute approximate surface area is 90.3 Å². The van der Waals surface area contributed by atoms with Crippen LogP contribution < -0.4 is 11.3 Å². The molecule has 3 N–H and O–H groups in total. The second-order valence-corrected chi connectivity index (χ2v) is 4.52. The number of hydrazine groups is 1. The van der Waals surface area contributed by atoms with Crippen molar-refractivity contribution in [2.75, 3.05) is 5.43 Å². The van der Waals surface area contributed by atoms with Crippen LogP contribution in [0.3, 0.4) is 0 Å². The first-order chi connectivity index (χ1) is 7.10. The number of anilines is 1. The van der Waals surface area contributed by atoms with Gasteiger partial charge in [-0.1, -0.05) is 13.8 Å². The molecule has 1 aliphatic carbocycles. The molecule has 0 unspecified atom stereocenters. The number of nitrogens with one attached hydrogen (secondary N) is 1. The van der Waals surface area contributed by atoms with Crippen LogP contribution >= 0.6 is 0 Å². The highest BCUT2D eigenvalue weighted by atomic mass is 15.3. The molecule has 1 aliphatic rings. The van der Waals surface area contributed by atoms with Crippen molar-refractivity contribution in [1.82, 2.24) is 9.97 Å². The topological polar surface area (TPSA) is 63.8 Å². The van der Waals surface area contributed by atoms with Crippen molar-refractivity contribution in [3.8, 4) is 0 Å². The highest BCUT2D eigenvalue weighted by molar-refractivity contribution is 5.46. The SMILES string of the molecule is CCc1c(C)nc(C2(C)CC2)nc1NN. The zero-order valence-corrected chi connectivity index (χ0v) is 9.59. The summed E-state index contributed by atoms with van der Waals surface area (Å²) in [5, 5.41) is 0. The maximum Gasteiger partial charge on any atom is 0.147 e. The Bertz CT molecular complexity index is 382. The first kappa shape index (κ1) is 10.4. The Kier molecular flexibility index (Phi) is 2.38. The highest BCUT2D eigenvalue weighted by Crippen LogP contribution is 2.46. The van der Waals surface area contributed by atoms with Crippen LogP contribution in [0.5, 0.6) is 0 Å². The minimum Gasteiger partial charge on any atom is -0.308 e. The van der Waals surface area contributed by atoms with Crippen LogP contribution in [0.4, 0.5) is 5.82 Å². The van der Waals surface area contributed by atoms with E-state index in [1.54, 1.807) is 0 Å². The molecule has 1 aromatic heterocycles. The van der Waals surface area contributed by atoms with Gasteiger partial charge in [-0.3, -0.25) is 0 Å². The summed E-state index contributed by atoms with van der Waals surface area (Å²) in [7, 11) is 0. The summed E-state index contributed by atoms with van der Waals surface area (Å²) in [6.07, 6.45) is 3.27. The van der Waals surface area contributed by atoms with E-state index in [2.05, 4.69) is 29.2 Å². The molecule has 0 aliphatic heterocycles. The summed E-state index contributed by atoms with van der Waals surface area (Å²) in [6, 6.07) is 0. The minimum atomic E-state index is 0.197. The predicted molar refractivity (Wildman–Crippen MR) is 60.5 cm³/mol. The third kappa shape index (κ3) is 1.69. The van der Waals surface area contributed by atoms with Gasteiger partial charge in [0.2, 0.25) is 0 Å². The van der Waals surface area contributed by atoms with Gasteiger partial charge in [-0.15, -0.1) is 0 Å². The van der Waals surface area contributed by atoms with Crippen molar-refractivity contribution in [3.63, 3.8) is 0 Å². The van der Waals surface area contributed by atoms with E-state index >= 15 is 0 Å². The molecular formula is C11H18N4. The normalized spacial score (nSPS) is 17.6. The number of rotatable bonds is 3. The molecule has 0 aromatic carbocycles. The molecule has 2 rings (SSSR count). The van der Waals surface area contributed by atoms with Gasteiger partial charge in [0.05, 0.1) is 0 Å². The molecule has 4 nitrogen and oxygen atoms in total. The molecule has 82 valence electrons. The van der Waals surface area contributed by atoms with Crippen LogP contribution in [0, 0.1) is 6.92 Å². The fraction of sp³-hybridized carbons (Fsp3) is 0.636. The number of aryl methyl sites for hydroxylation is 1. The van der Waals surface area contributed by atoms with E-state index in [4.69, 9.17) is 5.84 Å². The maximum absolute atomic E-state index is 5.49. The number of nitrogen functional groups attached to an aromatic ring is 1. The first-order valence-electron chi connectivity index (χ1n) is 5.45. The lowest BCUT2D eigenvalue weighted by molar-refractivity contribution is 0.699. The van der Waals surface area contributed by atoms with Crippen molar-refractivity contribution >= 4 is 5.82 Å². The molecule has 4 heteroatoms. The quantitative estimate of drug-likeness (QED) is 0.583. The monoisotopic (exact) mass is 206 g/mol. The number of hydrogen-bond acceptors (Lipinski definition) is 4. The van der Waals surface area contributed by atoms with E-state index in [-0.39, 0.29) is 5.41 Å². The first-order valence-corrected chi connectivity index (χ1v) is 5.45. The van der Waals surface area contributed by atoms with E-state index < -0.39 is 0 Å². The van der Waals surface area contributed by atoms with E-state index in [9.17, 15) is 0 Å². The van der Waals surface area contributed by atoms with Crippen LogP contribution in [0.2, 0.25) is 0 Å². The fourth-order valence-corrected chi connectivity index (χ4v) is 1.82. The Morgan fingerprint density at radius 3 is 2.53 bits per heavy atom. The number of hydrogen-bond donors (Lipinski definition) is 2. The van der Waals surface area contributed by atoms with Crippen LogP contribution in [0.1, 0.15) is 43.8 Å². The Hall–Kier alpha value is -1.16. The smallest absolute Gasteiger partial charge is 0.147 e. The lowest BCUT2D eigenvalue weighted by Crippen LogP contribution is -2.17. The van der Waals surface area contributed by atoms with Crippen molar-refractivity contribution in [1.29, 1.82) is 0 Å². The van der Waals surface area contributed by atoms with Crippen LogP contribution in [-0.2, 0) is 11.8 Å². The predicted octanol–water partition coefficient (Wildman–Crippen LogP) is 1.68. The summed E-state index contributed by atoms with van der Waals surface area (Å²) in [5.41, 5.74) is 5.03. The van der Waals surface area contributed by atoms with Gasteiger partial charge in [0.15, 0.2) is 0 Å². The van der Waals surface area contributed by atoms with Gasteiger partial charge in [-0.25, -0.2) is 15.8 Å². The Morgan fingerprint density at radius 2 is 2.07 bits per heavy atom. The van der Waals surface area contributed by atoms with Crippen LogP contribution in [0.15, 0.2) is 0 Å². The Morgan fingerprint density at radius 1 is 1.40 bits per heavy atom. The molecule has 1 heterocycles. The molecule has 0 bridgehead atoms. The maximum atomic E-state index is 5.49. The summed E-state index contributed by atoms with van der Waals surface area (Å²) in [6.45, 7) is 6.31. The van der Waals surface area contributed by atoms with E-state index in [1.165, 1.54) is 12.8 Å². The zero-order valence-electron chi connectivity index (χ0n) is 9.59. The highest BCUT2D eigenvalue weighted by Gasteiger charge is 2.42. The molecule has 0 spiro atoms. The average Bonchev–Trinajstić information content (AvgIpc) is 2.96. The molecule has 0 amide bonds. The lowest BCUT2D eigenvalue weighted by Gasteiger charge is -2.14. The number of nitrogens with zero attached hydrogens (tertiary/aromatic N) is 2. The van der Waals surface area contributed by atoms with Gasteiger partial charge in [-0.05, 0) is 26.2 Å². The molecule has 0 atom stereocenters. The average molecular weight is 206 g/mol. The summed E-state index contributed by atoms with van der Waals surface area (Å²) < 4.78 is 0. The van der Waals surface area contributed by atoms with E-state index in [1.807, 2.05) is 6.92 Å². The standard InChI is InChI=1S/C11H18N4/c1-4-8-7(2)13-10(11(3)5-6-11)14-9(8)15-12/h4-6,12H2,1-3H3,(H,13,14,15). The number of nitrogens with two attached hydrogens (primary N) is 1. The molecule has 0 saturated heterocycles. The van der Waals surface area contributed by atoms with Gasteiger partial charge in [0, 0.05) is 16.7 Å². The zero-order chi connectivity index (χ0) is 11.1. The largest absolute Gasteiger partial charge is 0.308 e. The van der Waals surface area contributed by atoms with Crippen molar-refractivity contribution in [2.24, 2.45) is 5.84 Å². The molecular weight excluding hydrogens is 188 g/mol. The van der Waals surface area contributed by atoms with Crippen molar-refractivity contribution in [2.45, 2.75) is 45.4 Å². The van der Waals surface area contributed by atoms with Crippen molar-refractivity contribution < 1.29 is 0 Å². The van der Waals surface area contributed by atoms with Gasteiger partial charge in [0.1, 0.15) is 11.6 Å². The molecule has 15 heavy (non-hydrogen) atoms. The minimum absolute atomic E-state index is 0.197. The number of aromatic nitrogens is 2. The van der Waals surface area contributed by atoms with Crippen LogP contribution in [-0.4, -0.2) is 9.97 Å². The van der Waals surface area contributed by atoms with E-state index in [0.29, 0.717) is 0 Å². The summed E-state index contributed by atoms with van der Waals surface area (Å²) in [4.78, 5) is 9.09. The third-order valence-corrected chi connectivity index (χ3v) is 3.24. The second-order valence-electron chi connectivity index (χ2n) is 4.52. The third-order valence-electron chi connectivity index (χ3n) is 3.24. The molecule has 1 aromatic rings. The molecule has 0 radical (unpaired) electrons.